The first-order valence-corrected chi connectivity index (χ1v) is 13.0. The van der Waals surface area contributed by atoms with E-state index in [9.17, 15) is 18.0 Å². The number of carbonyl (C=O) groups excluding carboxylic acids is 1. The topological polar surface area (TPSA) is 123 Å². The molecule has 4 N–H and O–H groups in total. The van der Waals surface area contributed by atoms with Crippen LogP contribution in [0.5, 0.6) is 0 Å². The monoisotopic (exact) mass is 550 g/mol. The second-order valence-corrected chi connectivity index (χ2v) is 9.56. The number of hydrogen-bond acceptors (Lipinski definition) is 7. The van der Waals surface area contributed by atoms with Crippen LogP contribution in [-0.2, 0) is 23.9 Å². The summed E-state index contributed by atoms with van der Waals surface area (Å²) in [5.74, 6) is 0.343. The van der Waals surface area contributed by atoms with Gasteiger partial charge in [-0.1, -0.05) is 13.0 Å². The lowest BCUT2D eigenvalue weighted by Crippen LogP contribution is -2.40. The fraction of sp³-hybridized carbons (Fsp3) is 0.538. The molecule has 3 rings (SSSR count). The quantitative estimate of drug-likeness (QED) is 0.271. The van der Waals surface area contributed by atoms with E-state index in [1.165, 1.54) is 18.5 Å². The van der Waals surface area contributed by atoms with Crippen LogP contribution in [0.25, 0.3) is 11.2 Å². The lowest BCUT2D eigenvalue weighted by Gasteiger charge is -2.30. The van der Waals surface area contributed by atoms with E-state index in [0.717, 1.165) is 12.5 Å². The highest BCUT2D eigenvalue weighted by Gasteiger charge is 2.33. The predicted octanol–water partition coefficient (Wildman–Crippen LogP) is 4.32. The molecular formula is C26H37F3N8O2. The van der Waals surface area contributed by atoms with Crippen LogP contribution in [0.3, 0.4) is 0 Å². The number of imidazole rings is 1. The van der Waals surface area contributed by atoms with Crippen molar-refractivity contribution in [3.8, 4) is 0 Å². The van der Waals surface area contributed by atoms with Crippen LogP contribution in [0.4, 0.5) is 29.5 Å². The standard InChI is InChI=1S/C26H37F3N8O2/c1-5-18-7-8-19(13-21(18)26(27,28)29)35-25(38)31-10-6-11-36(17(2)3)14-20(39-4)9-12-37-16-34-22-23(30)32-15-33-24(22)37/h7-8,13,15-17,20H,5-6,9-12,14H2,1-4H3,(H2,30,32,33)(H2,31,35,38). The molecule has 0 radical (unpaired) electrons. The molecule has 0 saturated heterocycles. The van der Waals surface area contributed by atoms with E-state index < -0.39 is 17.8 Å². The number of nitrogens with one attached hydrogen (secondary N) is 2. The zero-order chi connectivity index (χ0) is 28.6. The zero-order valence-corrected chi connectivity index (χ0v) is 22.8. The Morgan fingerprint density at radius 3 is 2.67 bits per heavy atom. The molecule has 0 fully saturated rings. The fourth-order valence-corrected chi connectivity index (χ4v) is 4.34. The van der Waals surface area contributed by atoms with Gasteiger partial charge in [-0.2, -0.15) is 13.2 Å². The van der Waals surface area contributed by atoms with Gasteiger partial charge in [0.1, 0.15) is 11.8 Å². The molecule has 1 unspecified atom stereocenters. The molecule has 2 amide bonds. The van der Waals surface area contributed by atoms with E-state index in [1.807, 2.05) is 4.57 Å². The Morgan fingerprint density at radius 1 is 1.23 bits per heavy atom. The minimum absolute atomic E-state index is 0.0470. The number of carbonyl (C=O) groups is 1. The van der Waals surface area contributed by atoms with Crippen molar-refractivity contribution >= 4 is 28.7 Å². The molecule has 0 saturated carbocycles. The average molecular weight is 551 g/mol. The summed E-state index contributed by atoms with van der Waals surface area (Å²) in [6, 6.07) is 3.54. The molecule has 1 atom stereocenters. The van der Waals surface area contributed by atoms with Crippen molar-refractivity contribution < 1.29 is 22.7 Å². The molecule has 214 valence electrons. The highest BCUT2D eigenvalue weighted by atomic mass is 19.4. The number of nitrogen functional groups attached to an aromatic ring is 1. The van der Waals surface area contributed by atoms with Crippen molar-refractivity contribution in [2.75, 3.05) is 37.8 Å². The van der Waals surface area contributed by atoms with E-state index in [-0.39, 0.29) is 29.8 Å². The molecule has 0 aliphatic heterocycles. The normalized spacial score (nSPS) is 12.8. The number of hydrogen-bond donors (Lipinski definition) is 3. The van der Waals surface area contributed by atoms with Gasteiger partial charge in [-0.3, -0.25) is 4.90 Å². The minimum atomic E-state index is -4.48. The minimum Gasteiger partial charge on any atom is -0.382 e. The average Bonchev–Trinajstić information content (AvgIpc) is 3.31. The number of ether oxygens (including phenoxy) is 1. The van der Waals surface area contributed by atoms with Crippen molar-refractivity contribution in [3.05, 3.63) is 42.0 Å². The van der Waals surface area contributed by atoms with Gasteiger partial charge in [0.25, 0.3) is 0 Å². The van der Waals surface area contributed by atoms with Crippen molar-refractivity contribution in [2.24, 2.45) is 0 Å². The van der Waals surface area contributed by atoms with E-state index in [4.69, 9.17) is 10.5 Å². The third kappa shape index (κ3) is 8.27. The summed E-state index contributed by atoms with van der Waals surface area (Å²) in [6.07, 6.45) is 0.229. The van der Waals surface area contributed by atoms with Gasteiger partial charge in [0.05, 0.1) is 18.0 Å². The summed E-state index contributed by atoms with van der Waals surface area (Å²) in [6.45, 7) is 8.25. The number of halogens is 3. The highest BCUT2D eigenvalue weighted by molar-refractivity contribution is 5.89. The Labute approximate surface area is 226 Å². The summed E-state index contributed by atoms with van der Waals surface area (Å²) < 4.78 is 47.6. The summed E-state index contributed by atoms with van der Waals surface area (Å²) in [7, 11) is 1.68. The smallest absolute Gasteiger partial charge is 0.382 e. The van der Waals surface area contributed by atoms with Gasteiger partial charge < -0.3 is 25.7 Å². The van der Waals surface area contributed by atoms with Crippen LogP contribution in [0.1, 0.15) is 44.7 Å². The van der Waals surface area contributed by atoms with Crippen molar-refractivity contribution in [3.63, 3.8) is 0 Å². The van der Waals surface area contributed by atoms with E-state index in [2.05, 4.69) is 44.3 Å². The summed E-state index contributed by atoms with van der Waals surface area (Å²) in [4.78, 5) is 27.1. The van der Waals surface area contributed by atoms with Gasteiger partial charge in [0.2, 0.25) is 0 Å². The Bertz CT molecular complexity index is 1230. The number of fused-ring (bicyclic) bond motifs is 1. The number of anilines is 2. The van der Waals surface area contributed by atoms with Gasteiger partial charge in [0.15, 0.2) is 11.5 Å². The number of benzene rings is 1. The molecule has 10 nitrogen and oxygen atoms in total. The lowest BCUT2D eigenvalue weighted by molar-refractivity contribution is -0.138. The second kappa shape index (κ2) is 13.6. The van der Waals surface area contributed by atoms with E-state index in [1.54, 1.807) is 20.4 Å². The first-order valence-electron chi connectivity index (χ1n) is 13.0. The van der Waals surface area contributed by atoms with Crippen LogP contribution in [0.15, 0.2) is 30.9 Å². The molecule has 0 aliphatic carbocycles. The molecular weight excluding hydrogens is 513 g/mol. The van der Waals surface area contributed by atoms with Gasteiger partial charge >= 0.3 is 12.2 Å². The molecule has 2 aromatic heterocycles. The summed E-state index contributed by atoms with van der Waals surface area (Å²) >= 11 is 0. The number of aromatic nitrogens is 4. The van der Waals surface area contributed by atoms with Crippen LogP contribution in [-0.4, -0.2) is 69.3 Å². The molecule has 0 spiro atoms. The maximum atomic E-state index is 13.3. The van der Waals surface area contributed by atoms with Gasteiger partial charge in [-0.25, -0.2) is 19.7 Å². The number of alkyl halides is 3. The maximum absolute atomic E-state index is 13.3. The summed E-state index contributed by atoms with van der Waals surface area (Å²) in [5, 5.41) is 5.22. The highest BCUT2D eigenvalue weighted by Crippen LogP contribution is 2.34. The van der Waals surface area contributed by atoms with Gasteiger partial charge in [-0.05, 0) is 50.8 Å². The van der Waals surface area contributed by atoms with E-state index >= 15 is 0 Å². The van der Waals surface area contributed by atoms with Crippen LogP contribution >= 0.6 is 0 Å². The second-order valence-electron chi connectivity index (χ2n) is 9.56. The molecule has 0 aliphatic rings. The maximum Gasteiger partial charge on any atom is 0.416 e. The molecule has 3 aromatic rings. The zero-order valence-electron chi connectivity index (χ0n) is 22.8. The Kier molecular flexibility index (Phi) is 10.5. The van der Waals surface area contributed by atoms with Crippen LogP contribution in [0, 0.1) is 0 Å². The fourth-order valence-electron chi connectivity index (χ4n) is 4.34. The Balaban J connectivity index is 1.47. The molecule has 1 aromatic carbocycles. The van der Waals surface area contributed by atoms with Crippen LogP contribution in [0.2, 0.25) is 0 Å². The molecule has 0 bridgehead atoms. The SMILES string of the molecule is CCc1ccc(NC(=O)NCCCN(CC(CCn2cnc3c(N)ncnc32)OC)C(C)C)cc1C(F)(F)F. The van der Waals surface area contributed by atoms with Crippen molar-refractivity contribution in [1.29, 1.82) is 0 Å². The molecule has 13 heteroatoms. The van der Waals surface area contributed by atoms with Crippen LogP contribution < -0.4 is 16.4 Å². The number of urea groups is 1. The van der Waals surface area contributed by atoms with Gasteiger partial charge in [0, 0.05) is 45.0 Å². The van der Waals surface area contributed by atoms with Gasteiger partial charge in [-0.15, -0.1) is 0 Å². The predicted molar refractivity (Wildman–Crippen MR) is 144 cm³/mol. The number of amides is 2. The third-order valence-corrected chi connectivity index (χ3v) is 6.58. The Morgan fingerprint density at radius 2 is 2.00 bits per heavy atom. The number of methoxy groups -OCH3 is 1. The largest absolute Gasteiger partial charge is 0.416 e. The third-order valence-electron chi connectivity index (χ3n) is 6.58. The first-order chi connectivity index (χ1) is 18.5. The number of aryl methyl sites for hydroxylation is 2. The van der Waals surface area contributed by atoms with Crippen molar-refractivity contribution in [2.45, 2.75) is 64.9 Å². The van der Waals surface area contributed by atoms with E-state index in [0.29, 0.717) is 49.6 Å². The number of nitrogens with two attached hydrogens (primary N) is 1. The Hall–Kier alpha value is -3.45. The molecule has 2 heterocycles. The number of rotatable bonds is 13. The lowest BCUT2D eigenvalue weighted by atomic mass is 10.0. The summed E-state index contributed by atoms with van der Waals surface area (Å²) in [5.41, 5.74) is 6.68. The first kappa shape index (κ1) is 30.1. The molecule has 39 heavy (non-hydrogen) atoms. The van der Waals surface area contributed by atoms with Crippen molar-refractivity contribution in [1.82, 2.24) is 29.7 Å². The number of nitrogens with zero attached hydrogens (tertiary/aromatic N) is 5.